The van der Waals surface area contributed by atoms with Crippen LogP contribution in [0.15, 0.2) is 0 Å². The van der Waals surface area contributed by atoms with Gasteiger partial charge in [0.25, 0.3) is 0 Å². The number of rotatable bonds is 0. The van der Waals surface area contributed by atoms with Gasteiger partial charge in [-0.2, -0.15) is 0 Å². The maximum Gasteiger partial charge on any atom is 0.219 e. The highest BCUT2D eigenvalue weighted by Crippen LogP contribution is 2.07. The molecule has 0 spiro atoms. The van der Waals surface area contributed by atoms with Crippen LogP contribution in [0.4, 0.5) is 0 Å². The minimum atomic E-state index is -0.349. The van der Waals surface area contributed by atoms with Gasteiger partial charge in [-0.3, -0.25) is 4.79 Å². The summed E-state index contributed by atoms with van der Waals surface area (Å²) in [5, 5.41) is 9.10. The standard InChI is InChI=1S/C7H12NO2/c1-6(9)8-4-2-3-7(10)5-8/h2,7,10H,3-5H2,1H3/t7-/m1/s1. The van der Waals surface area contributed by atoms with E-state index in [4.69, 9.17) is 5.11 Å². The number of carbonyl (C=O) groups is 1. The molecule has 0 aromatic rings. The largest absolute Gasteiger partial charge is 0.391 e. The van der Waals surface area contributed by atoms with Crippen molar-refractivity contribution < 1.29 is 9.90 Å². The van der Waals surface area contributed by atoms with Gasteiger partial charge in [0.2, 0.25) is 5.91 Å². The highest BCUT2D eigenvalue weighted by Gasteiger charge is 2.18. The Bertz CT molecular complexity index is 136. The summed E-state index contributed by atoms with van der Waals surface area (Å²) in [5.41, 5.74) is 0. The van der Waals surface area contributed by atoms with Crippen LogP contribution in [0.25, 0.3) is 0 Å². The van der Waals surface area contributed by atoms with Crippen molar-refractivity contribution in [3.8, 4) is 0 Å². The van der Waals surface area contributed by atoms with Crippen LogP contribution in [-0.2, 0) is 4.79 Å². The molecule has 1 radical (unpaired) electrons. The second-order valence-corrected chi connectivity index (χ2v) is 2.60. The van der Waals surface area contributed by atoms with Gasteiger partial charge in [-0.15, -0.1) is 0 Å². The van der Waals surface area contributed by atoms with Crippen molar-refractivity contribution >= 4 is 5.91 Å². The van der Waals surface area contributed by atoms with Gasteiger partial charge in [-0.05, 0) is 12.8 Å². The third-order valence-corrected chi connectivity index (χ3v) is 1.66. The van der Waals surface area contributed by atoms with Crippen molar-refractivity contribution in [3.05, 3.63) is 6.42 Å². The van der Waals surface area contributed by atoms with Crippen LogP contribution < -0.4 is 0 Å². The average molecular weight is 142 g/mol. The number of hydrogen-bond donors (Lipinski definition) is 1. The van der Waals surface area contributed by atoms with Gasteiger partial charge < -0.3 is 10.0 Å². The molecule has 1 aliphatic heterocycles. The summed E-state index contributed by atoms with van der Waals surface area (Å²) in [6.45, 7) is 2.70. The summed E-state index contributed by atoms with van der Waals surface area (Å²) < 4.78 is 0. The lowest BCUT2D eigenvalue weighted by Crippen LogP contribution is -2.41. The van der Waals surface area contributed by atoms with Crippen LogP contribution in [0.2, 0.25) is 0 Å². The monoisotopic (exact) mass is 142 g/mol. The molecule has 1 amide bonds. The Labute approximate surface area is 60.6 Å². The first-order chi connectivity index (χ1) is 4.70. The molecular formula is C7H12NO2. The van der Waals surface area contributed by atoms with Crippen molar-refractivity contribution in [1.29, 1.82) is 0 Å². The topological polar surface area (TPSA) is 40.5 Å². The molecule has 1 rings (SSSR count). The maximum absolute atomic E-state index is 10.7. The molecule has 0 bridgehead atoms. The number of piperidine rings is 1. The first kappa shape index (κ1) is 7.54. The van der Waals surface area contributed by atoms with Gasteiger partial charge in [0, 0.05) is 20.0 Å². The lowest BCUT2D eigenvalue weighted by atomic mass is 10.1. The molecule has 0 aromatic heterocycles. The van der Waals surface area contributed by atoms with Crippen molar-refractivity contribution in [3.63, 3.8) is 0 Å². The normalized spacial score (nSPS) is 26.6. The Hall–Kier alpha value is -0.570. The van der Waals surface area contributed by atoms with Crippen LogP contribution in [0, 0.1) is 6.42 Å². The molecule has 3 heteroatoms. The first-order valence-electron chi connectivity index (χ1n) is 3.45. The molecule has 10 heavy (non-hydrogen) atoms. The summed E-state index contributed by atoms with van der Waals surface area (Å²) in [5.74, 6) is 0.0370. The van der Waals surface area contributed by atoms with Crippen LogP contribution in [0.1, 0.15) is 13.3 Å². The number of amides is 1. The molecule has 1 N–H and O–H groups in total. The summed E-state index contributed by atoms with van der Waals surface area (Å²) in [4.78, 5) is 12.4. The number of β-amino-alcohol motifs (C(OH)–C–C–N with tert-alkyl or cyclic N) is 1. The van der Waals surface area contributed by atoms with E-state index in [-0.39, 0.29) is 12.0 Å². The molecule has 57 valence electrons. The van der Waals surface area contributed by atoms with Crippen LogP contribution in [0.5, 0.6) is 0 Å². The summed E-state index contributed by atoms with van der Waals surface area (Å²) in [6, 6.07) is 0. The third kappa shape index (κ3) is 1.70. The van der Waals surface area contributed by atoms with E-state index >= 15 is 0 Å². The van der Waals surface area contributed by atoms with E-state index in [1.54, 1.807) is 4.90 Å². The molecule has 1 fully saturated rings. The maximum atomic E-state index is 10.7. The van der Waals surface area contributed by atoms with Gasteiger partial charge in [-0.1, -0.05) is 0 Å². The SMILES string of the molecule is CC(=O)N1C[CH]C[C@@H](O)C1. The average Bonchev–Trinajstić information content (AvgIpc) is 1.88. The van der Waals surface area contributed by atoms with E-state index in [2.05, 4.69) is 0 Å². The molecule has 0 aliphatic carbocycles. The van der Waals surface area contributed by atoms with Gasteiger partial charge >= 0.3 is 0 Å². The van der Waals surface area contributed by atoms with E-state index < -0.39 is 0 Å². The zero-order valence-electron chi connectivity index (χ0n) is 6.08. The summed E-state index contributed by atoms with van der Waals surface area (Å²) in [7, 11) is 0. The Kier molecular flexibility index (Phi) is 2.27. The minimum absolute atomic E-state index is 0.0370. The van der Waals surface area contributed by atoms with E-state index in [0.29, 0.717) is 19.5 Å². The zero-order chi connectivity index (χ0) is 7.56. The van der Waals surface area contributed by atoms with E-state index in [9.17, 15) is 4.79 Å². The Morgan fingerprint density at radius 1 is 1.80 bits per heavy atom. The van der Waals surface area contributed by atoms with E-state index in [1.807, 2.05) is 6.42 Å². The molecule has 0 unspecified atom stereocenters. The summed E-state index contributed by atoms with van der Waals surface area (Å²) in [6.07, 6.45) is 2.29. The molecule has 1 atom stereocenters. The zero-order valence-corrected chi connectivity index (χ0v) is 6.08. The number of nitrogens with zero attached hydrogens (tertiary/aromatic N) is 1. The van der Waals surface area contributed by atoms with Crippen LogP contribution >= 0.6 is 0 Å². The van der Waals surface area contributed by atoms with Gasteiger partial charge in [0.15, 0.2) is 0 Å². The molecule has 1 aliphatic rings. The molecule has 3 nitrogen and oxygen atoms in total. The van der Waals surface area contributed by atoms with Crippen LogP contribution in [-0.4, -0.2) is 35.1 Å². The highest BCUT2D eigenvalue weighted by molar-refractivity contribution is 5.73. The van der Waals surface area contributed by atoms with Crippen molar-refractivity contribution in [1.82, 2.24) is 4.90 Å². The quantitative estimate of drug-likeness (QED) is 0.509. The molecule has 0 saturated carbocycles. The first-order valence-corrected chi connectivity index (χ1v) is 3.45. The second-order valence-electron chi connectivity index (χ2n) is 2.60. The van der Waals surface area contributed by atoms with E-state index in [0.717, 1.165) is 0 Å². The van der Waals surface area contributed by atoms with Gasteiger partial charge in [0.05, 0.1) is 6.10 Å². The number of likely N-dealkylation sites (tertiary alicyclic amines) is 1. The predicted octanol–water partition coefficient (Wildman–Crippen LogP) is -0.196. The number of hydrogen-bond acceptors (Lipinski definition) is 2. The van der Waals surface area contributed by atoms with Crippen molar-refractivity contribution in [2.24, 2.45) is 0 Å². The van der Waals surface area contributed by atoms with Crippen LogP contribution in [0.3, 0.4) is 0 Å². The molecule has 1 heterocycles. The lowest BCUT2D eigenvalue weighted by molar-refractivity contribution is -0.130. The number of aliphatic hydroxyl groups excluding tert-OH is 1. The Morgan fingerprint density at radius 2 is 2.50 bits per heavy atom. The fourth-order valence-electron chi connectivity index (χ4n) is 1.08. The molecular weight excluding hydrogens is 130 g/mol. The fraction of sp³-hybridized carbons (Fsp3) is 0.714. The van der Waals surface area contributed by atoms with Crippen molar-refractivity contribution in [2.75, 3.05) is 13.1 Å². The minimum Gasteiger partial charge on any atom is -0.391 e. The smallest absolute Gasteiger partial charge is 0.219 e. The fourth-order valence-corrected chi connectivity index (χ4v) is 1.08. The Morgan fingerprint density at radius 3 is 2.90 bits per heavy atom. The third-order valence-electron chi connectivity index (χ3n) is 1.66. The summed E-state index contributed by atoms with van der Waals surface area (Å²) >= 11 is 0. The number of carbonyl (C=O) groups excluding carboxylic acids is 1. The highest BCUT2D eigenvalue weighted by atomic mass is 16.3. The lowest BCUT2D eigenvalue weighted by Gasteiger charge is -2.28. The molecule has 0 aromatic carbocycles. The van der Waals surface area contributed by atoms with Gasteiger partial charge in [0.1, 0.15) is 0 Å². The van der Waals surface area contributed by atoms with E-state index in [1.165, 1.54) is 6.92 Å². The number of aliphatic hydroxyl groups is 1. The van der Waals surface area contributed by atoms with Crippen molar-refractivity contribution in [2.45, 2.75) is 19.4 Å². The predicted molar refractivity (Wildman–Crippen MR) is 37.2 cm³/mol. The van der Waals surface area contributed by atoms with Gasteiger partial charge in [-0.25, -0.2) is 0 Å². The second kappa shape index (κ2) is 3.01. The molecule has 1 saturated heterocycles. The Balaban J connectivity index is 2.39.